The molecule has 2 rings (SSSR count). The van der Waals surface area contributed by atoms with Gasteiger partial charge in [0.15, 0.2) is 5.96 Å². The van der Waals surface area contributed by atoms with Gasteiger partial charge in [-0.1, -0.05) is 12.1 Å². The van der Waals surface area contributed by atoms with Gasteiger partial charge in [-0.3, -0.25) is 14.9 Å². The molecule has 1 aromatic rings. The number of benzene rings is 1. The van der Waals surface area contributed by atoms with Crippen molar-refractivity contribution in [2.45, 2.75) is 51.8 Å². The normalized spacial score (nSPS) is 17.2. The highest BCUT2D eigenvalue weighted by Gasteiger charge is 2.17. The molecule has 1 saturated heterocycles. The molecule has 3 N–H and O–H groups in total. The van der Waals surface area contributed by atoms with Crippen LogP contribution < -0.4 is 16.0 Å². The third kappa shape index (κ3) is 7.91. The molecule has 0 aromatic heterocycles. The number of carbonyl (C=O) groups excluding carboxylic acids is 1. The Balaban J connectivity index is 1.95. The zero-order chi connectivity index (χ0) is 20.6. The van der Waals surface area contributed by atoms with Crippen LogP contribution in [-0.2, 0) is 16.1 Å². The molecule has 1 fully saturated rings. The number of ether oxygens (including phenoxy) is 1. The van der Waals surface area contributed by atoms with Crippen molar-refractivity contribution in [3.05, 3.63) is 39.9 Å². The van der Waals surface area contributed by atoms with E-state index in [2.05, 4.69) is 20.9 Å². The van der Waals surface area contributed by atoms with E-state index in [1.54, 1.807) is 12.1 Å². The maximum atomic E-state index is 12.1. The second-order valence-electron chi connectivity index (χ2n) is 7.76. The molecule has 0 saturated carbocycles. The Bertz CT molecular complexity index is 691. The summed E-state index contributed by atoms with van der Waals surface area (Å²) in [5.41, 5.74) is 0.573. The van der Waals surface area contributed by atoms with Gasteiger partial charge >= 0.3 is 0 Å². The molecule has 1 unspecified atom stereocenters. The lowest BCUT2D eigenvalue weighted by Gasteiger charge is -2.21. The summed E-state index contributed by atoms with van der Waals surface area (Å²) >= 11 is 0. The Morgan fingerprint density at radius 3 is 2.57 bits per heavy atom. The van der Waals surface area contributed by atoms with Crippen molar-refractivity contribution in [2.75, 3.05) is 19.7 Å². The fourth-order valence-corrected chi connectivity index (χ4v) is 2.71. The van der Waals surface area contributed by atoms with Crippen molar-refractivity contribution in [1.82, 2.24) is 16.0 Å². The second-order valence-corrected chi connectivity index (χ2v) is 7.76. The van der Waals surface area contributed by atoms with Gasteiger partial charge in [-0.2, -0.15) is 0 Å². The van der Waals surface area contributed by atoms with Crippen LogP contribution in [0, 0.1) is 10.1 Å². The number of guanidine groups is 1. The van der Waals surface area contributed by atoms with E-state index in [9.17, 15) is 14.9 Å². The second kappa shape index (κ2) is 10.0. The van der Waals surface area contributed by atoms with E-state index < -0.39 is 4.92 Å². The molecule has 0 aliphatic carbocycles. The van der Waals surface area contributed by atoms with Crippen LogP contribution in [0.3, 0.4) is 0 Å². The maximum absolute atomic E-state index is 12.1. The number of nitro benzene ring substituents is 1. The minimum Gasteiger partial charge on any atom is -0.376 e. The number of hydrogen-bond donors (Lipinski definition) is 3. The summed E-state index contributed by atoms with van der Waals surface area (Å²) in [7, 11) is 0. The number of carbonyl (C=O) groups is 1. The summed E-state index contributed by atoms with van der Waals surface area (Å²) in [4.78, 5) is 26.9. The average molecular weight is 391 g/mol. The van der Waals surface area contributed by atoms with Gasteiger partial charge in [0.05, 0.1) is 24.1 Å². The summed E-state index contributed by atoms with van der Waals surface area (Å²) in [6.07, 6.45) is 2.17. The zero-order valence-corrected chi connectivity index (χ0v) is 16.7. The molecule has 28 heavy (non-hydrogen) atoms. The first kappa shape index (κ1) is 21.6. The predicted octanol–water partition coefficient (Wildman–Crippen LogP) is 1.72. The molecular weight excluding hydrogens is 362 g/mol. The summed E-state index contributed by atoms with van der Waals surface area (Å²) in [6, 6.07) is 6.25. The van der Waals surface area contributed by atoms with Gasteiger partial charge in [0, 0.05) is 30.8 Å². The van der Waals surface area contributed by atoms with Crippen molar-refractivity contribution in [1.29, 1.82) is 0 Å². The summed E-state index contributed by atoms with van der Waals surface area (Å²) < 4.78 is 5.60. The maximum Gasteiger partial charge on any atom is 0.269 e. The van der Waals surface area contributed by atoms with Crippen LogP contribution >= 0.6 is 0 Å². The topological polar surface area (TPSA) is 118 Å². The number of non-ortho nitro benzene ring substituents is 1. The molecule has 9 heteroatoms. The van der Waals surface area contributed by atoms with Gasteiger partial charge in [-0.05, 0) is 39.2 Å². The van der Waals surface area contributed by atoms with Gasteiger partial charge in [-0.25, -0.2) is 4.99 Å². The average Bonchev–Trinajstić information content (AvgIpc) is 3.13. The first-order chi connectivity index (χ1) is 13.2. The number of amides is 1. The van der Waals surface area contributed by atoms with Crippen molar-refractivity contribution < 1.29 is 14.5 Å². The van der Waals surface area contributed by atoms with Crippen LogP contribution in [0.4, 0.5) is 5.69 Å². The number of nitro groups is 1. The molecular formula is C19H29N5O4. The predicted molar refractivity (Wildman–Crippen MR) is 107 cm³/mol. The molecule has 1 aliphatic heterocycles. The minimum absolute atomic E-state index is 0.0430. The number of hydrogen-bond acceptors (Lipinski definition) is 5. The Morgan fingerprint density at radius 2 is 2.00 bits per heavy atom. The fraction of sp³-hybridized carbons (Fsp3) is 0.579. The molecule has 0 radical (unpaired) electrons. The lowest BCUT2D eigenvalue weighted by Crippen LogP contribution is -2.49. The van der Waals surface area contributed by atoms with E-state index in [1.165, 1.54) is 12.1 Å². The molecule has 1 atom stereocenters. The quantitative estimate of drug-likeness (QED) is 0.282. The molecule has 0 spiro atoms. The third-order valence-electron chi connectivity index (χ3n) is 4.02. The minimum atomic E-state index is -0.434. The van der Waals surface area contributed by atoms with Crippen LogP contribution in [0.2, 0.25) is 0 Å². The van der Waals surface area contributed by atoms with Crippen molar-refractivity contribution >= 4 is 17.6 Å². The van der Waals surface area contributed by atoms with E-state index in [-0.39, 0.29) is 29.8 Å². The summed E-state index contributed by atoms with van der Waals surface area (Å²) in [5, 5.41) is 19.9. The third-order valence-corrected chi connectivity index (χ3v) is 4.02. The van der Waals surface area contributed by atoms with Crippen LogP contribution in [0.5, 0.6) is 0 Å². The monoisotopic (exact) mass is 391 g/mol. The van der Waals surface area contributed by atoms with Crippen LogP contribution in [0.15, 0.2) is 29.3 Å². The number of nitrogens with one attached hydrogen (secondary N) is 3. The Morgan fingerprint density at radius 1 is 1.29 bits per heavy atom. The van der Waals surface area contributed by atoms with Crippen molar-refractivity contribution in [3.63, 3.8) is 0 Å². The molecule has 1 aromatic carbocycles. The molecule has 1 amide bonds. The van der Waals surface area contributed by atoms with Crippen molar-refractivity contribution in [2.24, 2.45) is 4.99 Å². The first-order valence-corrected chi connectivity index (χ1v) is 9.41. The van der Waals surface area contributed by atoms with Gasteiger partial charge in [0.1, 0.15) is 0 Å². The van der Waals surface area contributed by atoms with Gasteiger partial charge in [-0.15, -0.1) is 0 Å². The fourth-order valence-electron chi connectivity index (χ4n) is 2.71. The highest BCUT2D eigenvalue weighted by atomic mass is 16.6. The highest BCUT2D eigenvalue weighted by molar-refractivity contribution is 5.86. The van der Waals surface area contributed by atoms with E-state index in [4.69, 9.17) is 4.74 Å². The lowest BCUT2D eigenvalue weighted by molar-refractivity contribution is -0.384. The van der Waals surface area contributed by atoms with Crippen molar-refractivity contribution in [3.8, 4) is 0 Å². The van der Waals surface area contributed by atoms with E-state index in [1.807, 2.05) is 20.8 Å². The van der Waals surface area contributed by atoms with Gasteiger partial charge in [0.25, 0.3) is 5.69 Å². The SMILES string of the molecule is CC(C)(C)NC(=O)CNC(=NCc1ccc([N+](=O)[O-])cc1)NCC1CCCO1. The Hall–Kier alpha value is -2.68. The van der Waals surface area contributed by atoms with Crippen LogP contribution in [0.1, 0.15) is 39.2 Å². The molecule has 0 bridgehead atoms. The van der Waals surface area contributed by atoms with Crippen LogP contribution in [0.25, 0.3) is 0 Å². The Labute approximate surface area is 165 Å². The van der Waals surface area contributed by atoms with Gasteiger partial charge < -0.3 is 20.7 Å². The lowest BCUT2D eigenvalue weighted by atomic mass is 10.1. The van der Waals surface area contributed by atoms with E-state index in [0.717, 1.165) is 25.0 Å². The first-order valence-electron chi connectivity index (χ1n) is 9.41. The van der Waals surface area contributed by atoms with E-state index >= 15 is 0 Å². The summed E-state index contributed by atoms with van der Waals surface area (Å²) in [6.45, 7) is 7.56. The number of nitrogens with zero attached hydrogens (tertiary/aromatic N) is 2. The van der Waals surface area contributed by atoms with E-state index in [0.29, 0.717) is 19.0 Å². The smallest absolute Gasteiger partial charge is 0.269 e. The zero-order valence-electron chi connectivity index (χ0n) is 16.7. The standard InChI is InChI=1S/C19H29N5O4/c1-19(2,3)23-17(25)13-22-18(21-12-16-5-4-10-28-16)20-11-14-6-8-15(9-7-14)24(26)27/h6-9,16H,4-5,10-13H2,1-3H3,(H,23,25)(H2,20,21,22). The number of rotatable bonds is 7. The molecule has 154 valence electrons. The molecule has 9 nitrogen and oxygen atoms in total. The largest absolute Gasteiger partial charge is 0.376 e. The summed E-state index contributed by atoms with van der Waals surface area (Å²) in [5.74, 6) is 0.368. The molecule has 1 aliphatic rings. The van der Waals surface area contributed by atoms with Crippen LogP contribution in [-0.4, -0.2) is 48.1 Å². The highest BCUT2D eigenvalue weighted by Crippen LogP contribution is 2.13. The van der Waals surface area contributed by atoms with Gasteiger partial charge in [0.2, 0.25) is 5.91 Å². The molecule has 1 heterocycles. The number of aliphatic imine (C=N–C) groups is 1. The Kier molecular flexibility index (Phi) is 7.74.